The van der Waals surface area contributed by atoms with E-state index in [9.17, 15) is 9.59 Å². The zero-order valence-corrected chi connectivity index (χ0v) is 10.4. The normalized spacial score (nSPS) is 25.4. The molecule has 2 aliphatic rings. The Kier molecular flexibility index (Phi) is 2.14. The predicted octanol–water partition coefficient (Wildman–Crippen LogP) is 1.15. The zero-order valence-electron chi connectivity index (χ0n) is 10.4. The third kappa shape index (κ3) is 1.33. The molecule has 0 aliphatic carbocycles. The van der Waals surface area contributed by atoms with Crippen molar-refractivity contribution in [2.24, 2.45) is 0 Å². The Labute approximate surface area is 105 Å². The molecule has 18 heavy (non-hydrogen) atoms. The van der Waals surface area contributed by atoms with Crippen molar-refractivity contribution in [1.82, 2.24) is 10.6 Å². The summed E-state index contributed by atoms with van der Waals surface area (Å²) in [7, 11) is 0. The Morgan fingerprint density at radius 1 is 1.17 bits per heavy atom. The largest absolute Gasteiger partial charge is 0.385 e. The number of fused-ring (bicyclic) bond motifs is 2. The Bertz CT molecular complexity index is 568. The van der Waals surface area contributed by atoms with Crippen LogP contribution in [0.25, 0.3) is 0 Å². The topological polar surface area (TPSA) is 70.2 Å². The average molecular weight is 245 g/mol. The minimum absolute atomic E-state index is 0.251. The highest BCUT2D eigenvalue weighted by molar-refractivity contribution is 6.08. The fourth-order valence-corrected chi connectivity index (χ4v) is 2.69. The van der Waals surface area contributed by atoms with E-state index in [0.29, 0.717) is 13.0 Å². The highest BCUT2D eigenvalue weighted by Gasteiger charge is 2.50. The van der Waals surface area contributed by atoms with Gasteiger partial charge in [-0.15, -0.1) is 0 Å². The molecule has 1 unspecified atom stereocenters. The lowest BCUT2D eigenvalue weighted by Crippen LogP contribution is -2.48. The van der Waals surface area contributed by atoms with Crippen LogP contribution in [0, 0.1) is 13.8 Å². The van der Waals surface area contributed by atoms with E-state index >= 15 is 0 Å². The number of urea groups is 1. The van der Waals surface area contributed by atoms with Gasteiger partial charge in [0.05, 0.1) is 0 Å². The van der Waals surface area contributed by atoms with E-state index in [1.54, 1.807) is 0 Å². The maximum atomic E-state index is 12.1. The van der Waals surface area contributed by atoms with Gasteiger partial charge in [-0.1, -0.05) is 6.07 Å². The minimum atomic E-state index is -0.893. The van der Waals surface area contributed by atoms with Crippen LogP contribution in [0.2, 0.25) is 0 Å². The van der Waals surface area contributed by atoms with Crippen molar-refractivity contribution >= 4 is 17.6 Å². The van der Waals surface area contributed by atoms with Crippen molar-refractivity contribution in [3.63, 3.8) is 0 Å². The number of nitrogens with one attached hydrogen (secondary N) is 3. The number of aryl methyl sites for hydroxylation is 2. The predicted molar refractivity (Wildman–Crippen MR) is 67.4 cm³/mol. The molecule has 1 fully saturated rings. The van der Waals surface area contributed by atoms with E-state index in [2.05, 4.69) is 16.0 Å². The first-order chi connectivity index (χ1) is 8.53. The molecular formula is C13H15N3O2. The van der Waals surface area contributed by atoms with Gasteiger partial charge in [0.2, 0.25) is 0 Å². The summed E-state index contributed by atoms with van der Waals surface area (Å²) in [6.45, 7) is 4.71. The number of hydrogen-bond acceptors (Lipinski definition) is 3. The van der Waals surface area contributed by atoms with Crippen LogP contribution < -0.4 is 16.0 Å². The number of carbonyl (C=O) groups excluding carboxylic acids is 2. The van der Waals surface area contributed by atoms with Crippen molar-refractivity contribution in [2.75, 3.05) is 11.9 Å². The molecule has 94 valence electrons. The van der Waals surface area contributed by atoms with Crippen LogP contribution in [0.1, 0.15) is 23.1 Å². The summed E-state index contributed by atoms with van der Waals surface area (Å²) in [6.07, 6.45) is 0.570. The number of carbonyl (C=O) groups is 2. The third-order valence-electron chi connectivity index (χ3n) is 3.85. The molecule has 0 radical (unpaired) electrons. The quantitative estimate of drug-likeness (QED) is 0.601. The number of rotatable bonds is 0. The van der Waals surface area contributed by atoms with E-state index in [1.807, 2.05) is 26.0 Å². The smallest absolute Gasteiger partial charge is 0.322 e. The summed E-state index contributed by atoms with van der Waals surface area (Å²) < 4.78 is 0. The summed E-state index contributed by atoms with van der Waals surface area (Å²) in [5.74, 6) is -0.251. The van der Waals surface area contributed by atoms with Crippen molar-refractivity contribution < 1.29 is 9.59 Å². The first-order valence-electron chi connectivity index (χ1n) is 6.02. The lowest BCUT2D eigenvalue weighted by Gasteiger charge is -2.34. The maximum Gasteiger partial charge on any atom is 0.322 e. The van der Waals surface area contributed by atoms with E-state index in [4.69, 9.17) is 0 Å². The van der Waals surface area contributed by atoms with Gasteiger partial charge in [-0.05, 0) is 31.0 Å². The lowest BCUT2D eigenvalue weighted by molar-refractivity contribution is -0.124. The molecule has 1 aromatic carbocycles. The molecule has 1 aromatic rings. The van der Waals surface area contributed by atoms with Crippen molar-refractivity contribution in [3.05, 3.63) is 28.8 Å². The van der Waals surface area contributed by atoms with Gasteiger partial charge >= 0.3 is 6.03 Å². The van der Waals surface area contributed by atoms with Gasteiger partial charge in [0.1, 0.15) is 5.54 Å². The highest BCUT2D eigenvalue weighted by Crippen LogP contribution is 2.38. The second-order valence-corrected chi connectivity index (χ2v) is 4.97. The van der Waals surface area contributed by atoms with Gasteiger partial charge in [-0.25, -0.2) is 4.79 Å². The van der Waals surface area contributed by atoms with Gasteiger partial charge in [0.15, 0.2) is 0 Å². The average Bonchev–Trinajstić information content (AvgIpc) is 2.58. The number of benzene rings is 1. The SMILES string of the molecule is Cc1cc2c(cc1C)C1(CCN2)NC(=O)NC1=O. The number of imide groups is 1. The van der Waals surface area contributed by atoms with Crippen molar-refractivity contribution in [1.29, 1.82) is 0 Å². The van der Waals surface area contributed by atoms with Crippen LogP contribution in [-0.4, -0.2) is 18.5 Å². The second kappa shape index (κ2) is 3.48. The standard InChI is InChI=1S/C13H15N3O2/c1-7-5-9-10(6-8(7)2)14-4-3-13(9)11(17)15-12(18)16-13/h5-6,14H,3-4H2,1-2H3,(H2,15,16,17,18). The molecule has 1 atom stereocenters. The van der Waals surface area contributed by atoms with Crippen LogP contribution in [0.3, 0.4) is 0 Å². The number of hydrogen-bond donors (Lipinski definition) is 3. The van der Waals surface area contributed by atoms with Crippen molar-refractivity contribution in [2.45, 2.75) is 25.8 Å². The van der Waals surface area contributed by atoms with Gasteiger partial charge < -0.3 is 10.6 Å². The van der Waals surface area contributed by atoms with E-state index in [0.717, 1.165) is 16.8 Å². The molecule has 0 bridgehead atoms. The van der Waals surface area contributed by atoms with Gasteiger partial charge in [-0.3, -0.25) is 10.1 Å². The van der Waals surface area contributed by atoms with Crippen molar-refractivity contribution in [3.8, 4) is 0 Å². The van der Waals surface area contributed by atoms with Crippen LogP contribution >= 0.6 is 0 Å². The minimum Gasteiger partial charge on any atom is -0.385 e. The molecule has 3 N–H and O–H groups in total. The highest BCUT2D eigenvalue weighted by atomic mass is 16.2. The molecule has 2 heterocycles. The Balaban J connectivity index is 2.20. The van der Waals surface area contributed by atoms with Gasteiger partial charge in [0.25, 0.3) is 5.91 Å². The van der Waals surface area contributed by atoms with Crippen LogP contribution in [-0.2, 0) is 10.3 Å². The molecule has 5 heteroatoms. The second-order valence-electron chi connectivity index (χ2n) is 4.97. The first kappa shape index (κ1) is 11.1. The van der Waals surface area contributed by atoms with E-state index in [-0.39, 0.29) is 5.91 Å². The maximum absolute atomic E-state index is 12.1. The summed E-state index contributed by atoms with van der Waals surface area (Å²) in [5.41, 5.74) is 3.19. The molecule has 2 aliphatic heterocycles. The summed E-state index contributed by atoms with van der Waals surface area (Å²) in [4.78, 5) is 23.5. The molecule has 5 nitrogen and oxygen atoms in total. The third-order valence-corrected chi connectivity index (χ3v) is 3.85. The Morgan fingerprint density at radius 2 is 1.89 bits per heavy atom. The lowest BCUT2D eigenvalue weighted by atomic mass is 9.81. The fraction of sp³-hybridized carbons (Fsp3) is 0.385. The fourth-order valence-electron chi connectivity index (χ4n) is 2.69. The molecule has 0 saturated carbocycles. The molecule has 3 amide bonds. The molecule has 3 rings (SSSR count). The monoisotopic (exact) mass is 245 g/mol. The molecular weight excluding hydrogens is 230 g/mol. The van der Waals surface area contributed by atoms with Gasteiger partial charge in [0, 0.05) is 24.2 Å². The Hall–Kier alpha value is -2.04. The van der Waals surface area contributed by atoms with E-state index < -0.39 is 11.6 Å². The summed E-state index contributed by atoms with van der Waals surface area (Å²) in [6, 6.07) is 3.61. The van der Waals surface area contributed by atoms with Crippen LogP contribution in [0.5, 0.6) is 0 Å². The Morgan fingerprint density at radius 3 is 2.56 bits per heavy atom. The molecule has 1 saturated heterocycles. The molecule has 0 aromatic heterocycles. The number of amides is 3. The van der Waals surface area contributed by atoms with Crippen LogP contribution in [0.15, 0.2) is 12.1 Å². The number of anilines is 1. The summed E-state index contributed by atoms with van der Waals surface area (Å²) >= 11 is 0. The summed E-state index contributed by atoms with van der Waals surface area (Å²) in [5, 5.41) is 8.40. The van der Waals surface area contributed by atoms with E-state index in [1.165, 1.54) is 5.56 Å². The zero-order chi connectivity index (χ0) is 12.9. The molecule has 1 spiro atoms. The first-order valence-corrected chi connectivity index (χ1v) is 6.02. The van der Waals surface area contributed by atoms with Gasteiger partial charge in [-0.2, -0.15) is 0 Å². The van der Waals surface area contributed by atoms with Crippen LogP contribution in [0.4, 0.5) is 10.5 Å².